The van der Waals surface area contributed by atoms with Crippen molar-refractivity contribution in [3.63, 3.8) is 0 Å². The average Bonchev–Trinajstić information content (AvgIpc) is 3.35. The van der Waals surface area contributed by atoms with E-state index in [4.69, 9.17) is 0 Å². The van der Waals surface area contributed by atoms with Gasteiger partial charge in [-0.1, -0.05) is 66.2 Å². The number of anilines is 1. The highest BCUT2D eigenvalue weighted by Crippen LogP contribution is 2.39. The maximum absolute atomic E-state index is 13.7. The van der Waals surface area contributed by atoms with E-state index in [1.54, 1.807) is 52.6 Å². The molecule has 1 unspecified atom stereocenters. The number of aryl methyl sites for hydroxylation is 1. The Balaban J connectivity index is 1.51. The minimum absolute atomic E-state index is 0.0696. The molecule has 5 rings (SSSR count). The van der Waals surface area contributed by atoms with Gasteiger partial charge in [0, 0.05) is 32.8 Å². The van der Waals surface area contributed by atoms with Crippen molar-refractivity contribution >= 4 is 34.6 Å². The van der Waals surface area contributed by atoms with E-state index in [2.05, 4.69) is 5.32 Å². The monoisotopic (exact) mass is 466 g/mol. The Morgan fingerprint density at radius 2 is 1.59 bits per heavy atom. The van der Waals surface area contributed by atoms with E-state index < -0.39 is 6.04 Å². The fraction of sp³-hybridized carbons (Fsp3) is 0.107. The molecule has 4 aromatic rings. The van der Waals surface area contributed by atoms with Gasteiger partial charge in [-0.15, -0.1) is 11.3 Å². The molecule has 1 aromatic heterocycles. The van der Waals surface area contributed by atoms with E-state index in [1.807, 2.05) is 60.8 Å². The Kier molecular flexibility index (Phi) is 5.82. The Morgan fingerprint density at radius 3 is 2.29 bits per heavy atom. The third-order valence-corrected chi connectivity index (χ3v) is 6.83. The number of rotatable bonds is 4. The number of hydrogen-bond acceptors (Lipinski definition) is 4. The van der Waals surface area contributed by atoms with Gasteiger partial charge in [-0.2, -0.15) is 0 Å². The lowest BCUT2D eigenvalue weighted by Gasteiger charge is -2.29. The van der Waals surface area contributed by atoms with Crippen LogP contribution < -0.4 is 5.32 Å². The SMILES string of the molecule is Cc1ccc2c(c1)C(c1cccs1)N(C(=O)c1ccc(C(=O)c3ccccc3)cc1)CC(=O)N2. The molecule has 0 bridgehead atoms. The number of benzene rings is 3. The second-order valence-electron chi connectivity index (χ2n) is 8.26. The Hall–Kier alpha value is -4.03. The Labute approximate surface area is 201 Å². The number of nitrogens with zero attached hydrogens (tertiary/aromatic N) is 1. The van der Waals surface area contributed by atoms with Crippen molar-refractivity contribution in [2.24, 2.45) is 0 Å². The molecule has 0 saturated carbocycles. The van der Waals surface area contributed by atoms with E-state index in [9.17, 15) is 14.4 Å². The van der Waals surface area contributed by atoms with E-state index in [0.717, 1.165) is 16.0 Å². The van der Waals surface area contributed by atoms with Crippen LogP contribution in [0.3, 0.4) is 0 Å². The minimum Gasteiger partial charge on any atom is -0.324 e. The first-order chi connectivity index (χ1) is 16.5. The lowest BCUT2D eigenvalue weighted by molar-refractivity contribution is -0.117. The Bertz CT molecular complexity index is 1360. The molecule has 0 spiro atoms. The molecule has 0 saturated heterocycles. The molecule has 34 heavy (non-hydrogen) atoms. The second-order valence-corrected chi connectivity index (χ2v) is 9.24. The summed E-state index contributed by atoms with van der Waals surface area (Å²) in [6, 6.07) is 25.1. The highest BCUT2D eigenvalue weighted by Gasteiger charge is 2.34. The van der Waals surface area contributed by atoms with E-state index >= 15 is 0 Å². The van der Waals surface area contributed by atoms with E-state index in [1.165, 1.54) is 0 Å². The smallest absolute Gasteiger partial charge is 0.255 e. The summed E-state index contributed by atoms with van der Waals surface area (Å²) < 4.78 is 0. The third kappa shape index (κ3) is 4.16. The van der Waals surface area contributed by atoms with Gasteiger partial charge in [0.1, 0.15) is 6.54 Å². The molecule has 1 aliphatic heterocycles. The molecular formula is C28H22N2O3S. The van der Waals surface area contributed by atoms with Gasteiger partial charge in [0.05, 0.1) is 6.04 Å². The number of nitrogens with one attached hydrogen (secondary N) is 1. The van der Waals surface area contributed by atoms with Gasteiger partial charge in [-0.3, -0.25) is 14.4 Å². The summed E-state index contributed by atoms with van der Waals surface area (Å²) in [4.78, 5) is 41.8. The molecule has 5 nitrogen and oxygen atoms in total. The van der Waals surface area contributed by atoms with Gasteiger partial charge in [-0.25, -0.2) is 0 Å². The van der Waals surface area contributed by atoms with Crippen molar-refractivity contribution in [1.29, 1.82) is 0 Å². The van der Waals surface area contributed by atoms with E-state index in [-0.39, 0.29) is 24.1 Å². The average molecular weight is 467 g/mol. The molecule has 0 fully saturated rings. The van der Waals surface area contributed by atoms with Gasteiger partial charge in [0.25, 0.3) is 5.91 Å². The zero-order valence-electron chi connectivity index (χ0n) is 18.5. The second kappa shape index (κ2) is 9.08. The van der Waals surface area contributed by atoms with Gasteiger partial charge >= 0.3 is 0 Å². The zero-order valence-corrected chi connectivity index (χ0v) is 19.3. The molecule has 168 valence electrons. The largest absolute Gasteiger partial charge is 0.324 e. The van der Waals surface area contributed by atoms with Crippen LogP contribution in [0.2, 0.25) is 0 Å². The maximum Gasteiger partial charge on any atom is 0.255 e. The number of thiophene rings is 1. The van der Waals surface area contributed by atoms with Crippen molar-refractivity contribution in [2.45, 2.75) is 13.0 Å². The van der Waals surface area contributed by atoms with Crippen molar-refractivity contribution < 1.29 is 14.4 Å². The zero-order chi connectivity index (χ0) is 23.7. The van der Waals surface area contributed by atoms with Crippen molar-refractivity contribution in [1.82, 2.24) is 4.90 Å². The van der Waals surface area contributed by atoms with Crippen LogP contribution in [0.5, 0.6) is 0 Å². The van der Waals surface area contributed by atoms with Crippen LogP contribution in [0, 0.1) is 6.92 Å². The van der Waals surface area contributed by atoms with Gasteiger partial charge < -0.3 is 10.2 Å². The van der Waals surface area contributed by atoms with Crippen LogP contribution in [0.15, 0.2) is 90.3 Å². The predicted molar refractivity (Wildman–Crippen MR) is 133 cm³/mol. The normalized spacial score (nSPS) is 15.3. The fourth-order valence-corrected chi connectivity index (χ4v) is 5.11. The van der Waals surface area contributed by atoms with Gasteiger partial charge in [-0.05, 0) is 36.6 Å². The molecule has 6 heteroatoms. The van der Waals surface area contributed by atoms with Crippen molar-refractivity contribution in [3.8, 4) is 0 Å². The molecule has 2 heterocycles. The maximum atomic E-state index is 13.7. The summed E-state index contributed by atoms with van der Waals surface area (Å²) in [6.45, 7) is 1.92. The van der Waals surface area contributed by atoms with Crippen LogP contribution in [0.4, 0.5) is 5.69 Å². The van der Waals surface area contributed by atoms with Crippen LogP contribution in [0.1, 0.15) is 48.3 Å². The summed E-state index contributed by atoms with van der Waals surface area (Å²) in [5, 5.41) is 4.92. The molecule has 0 radical (unpaired) electrons. The first-order valence-electron chi connectivity index (χ1n) is 11.0. The van der Waals surface area contributed by atoms with Gasteiger partial charge in [0.2, 0.25) is 5.91 Å². The first kappa shape index (κ1) is 21.8. The summed E-state index contributed by atoms with van der Waals surface area (Å²) >= 11 is 1.55. The topological polar surface area (TPSA) is 66.5 Å². The number of carbonyl (C=O) groups excluding carboxylic acids is 3. The molecule has 0 aliphatic carbocycles. The van der Waals surface area contributed by atoms with Crippen molar-refractivity contribution in [3.05, 3.63) is 123 Å². The highest BCUT2D eigenvalue weighted by atomic mass is 32.1. The lowest BCUT2D eigenvalue weighted by atomic mass is 9.98. The first-order valence-corrected chi connectivity index (χ1v) is 11.8. The van der Waals surface area contributed by atoms with E-state index in [0.29, 0.717) is 22.4 Å². The number of hydrogen-bond donors (Lipinski definition) is 1. The van der Waals surface area contributed by atoms with Crippen LogP contribution in [-0.2, 0) is 4.79 Å². The van der Waals surface area contributed by atoms with Crippen molar-refractivity contribution in [2.75, 3.05) is 11.9 Å². The number of amides is 2. The molecular weight excluding hydrogens is 444 g/mol. The Morgan fingerprint density at radius 1 is 0.882 bits per heavy atom. The summed E-state index contributed by atoms with van der Waals surface area (Å²) in [7, 11) is 0. The van der Waals surface area contributed by atoms with Gasteiger partial charge in [0.15, 0.2) is 5.78 Å². The lowest BCUT2D eigenvalue weighted by Crippen LogP contribution is -2.38. The van der Waals surface area contributed by atoms with Crippen LogP contribution in [0.25, 0.3) is 0 Å². The molecule has 1 aliphatic rings. The molecule has 1 N–H and O–H groups in total. The fourth-order valence-electron chi connectivity index (χ4n) is 4.25. The molecule has 3 aromatic carbocycles. The number of carbonyl (C=O) groups is 3. The third-order valence-electron chi connectivity index (χ3n) is 5.90. The highest BCUT2D eigenvalue weighted by molar-refractivity contribution is 7.10. The predicted octanol–water partition coefficient (Wildman–Crippen LogP) is 5.47. The standard InChI is InChI=1S/C28H22N2O3S/c1-18-9-14-23-22(16-18)26(24-8-5-15-34-24)30(17-25(31)29-23)28(33)21-12-10-20(11-13-21)27(32)19-6-3-2-4-7-19/h2-16,26H,17H2,1H3,(H,29,31). The summed E-state index contributed by atoms with van der Waals surface area (Å²) in [5.74, 6) is -0.607. The summed E-state index contributed by atoms with van der Waals surface area (Å²) in [5.41, 5.74) is 4.18. The minimum atomic E-state index is -0.396. The quantitative estimate of drug-likeness (QED) is 0.406. The van der Waals surface area contributed by atoms with Crippen LogP contribution in [-0.4, -0.2) is 29.0 Å². The number of fused-ring (bicyclic) bond motifs is 1. The molecule has 2 amide bonds. The number of ketones is 1. The van der Waals surface area contributed by atoms with Crippen LogP contribution >= 0.6 is 11.3 Å². The summed E-state index contributed by atoms with van der Waals surface area (Å²) in [6.07, 6.45) is 0. The molecule has 1 atom stereocenters.